The molecule has 35 aliphatic rings. The van der Waals surface area contributed by atoms with Crippen LogP contribution in [0.15, 0.2) is 0 Å². The Morgan fingerprint density at radius 2 is 0.695 bits per heavy atom. The average Bonchev–Trinajstić information content (AvgIpc) is 1.49. The smallest absolute Gasteiger partial charge is 0.312 e. The van der Waals surface area contributed by atoms with Gasteiger partial charge in [-0.2, -0.15) is 0 Å². The summed E-state index contributed by atoms with van der Waals surface area (Å²) in [5.74, 6) is 11.4. The van der Waals surface area contributed by atoms with E-state index in [1.807, 2.05) is 6.92 Å². The number of ether oxygens (including phenoxy) is 1. The molecule has 35 saturated carbocycles. The van der Waals surface area contributed by atoms with Crippen LogP contribution in [0.2, 0.25) is 0 Å². The number of hydrogen-bond acceptors (Lipinski definition) is 18. The zero-order chi connectivity index (χ0) is 92.9. The van der Waals surface area contributed by atoms with Gasteiger partial charge in [0.15, 0.2) is 0 Å². The molecule has 35 fully saturated rings. The Bertz CT molecular complexity index is 4430. The van der Waals surface area contributed by atoms with E-state index in [1.165, 1.54) is 64.2 Å². The predicted octanol–water partition coefficient (Wildman–Crippen LogP) is 15.3. The van der Waals surface area contributed by atoms with Crippen LogP contribution in [0.1, 0.15) is 303 Å². The molecule has 0 aromatic rings. The topological polar surface area (TPSA) is 464 Å². The van der Waals surface area contributed by atoms with Crippen LogP contribution in [0.5, 0.6) is 0 Å². The van der Waals surface area contributed by atoms with Gasteiger partial charge in [-0.1, -0.05) is 26.7 Å². The third-order valence-electron chi connectivity index (χ3n) is 42.1. The highest BCUT2D eigenvalue weighted by Crippen LogP contribution is 2.73. The van der Waals surface area contributed by atoms with Crippen molar-refractivity contribution in [1.29, 1.82) is 0 Å². The van der Waals surface area contributed by atoms with Crippen molar-refractivity contribution in [3.63, 3.8) is 0 Å². The number of rotatable bonds is 10. The third kappa shape index (κ3) is 16.4. The fourth-order valence-electron chi connectivity index (χ4n) is 37.1. The minimum Gasteiger partial charge on any atom is -0.481 e. The Morgan fingerprint density at radius 1 is 0.305 bits per heavy atom. The number of Topliss-reactive ketones (excluding diaryl/α,β-unsaturated/α-hetero) is 7. The summed E-state index contributed by atoms with van der Waals surface area (Å²) in [5, 5.41) is 83.6. The number of carboxylic acids is 8. The van der Waals surface area contributed by atoms with Crippen molar-refractivity contribution >= 4 is 94.2 Å². The third-order valence-corrected chi connectivity index (χ3v) is 42.1. The highest BCUT2D eigenvalue weighted by molar-refractivity contribution is 5.99. The molecule has 0 heterocycles. The number of aliphatic hydroxyl groups is 1. The minimum atomic E-state index is -0.771. The lowest BCUT2D eigenvalue weighted by Crippen LogP contribution is -2.57. The van der Waals surface area contributed by atoms with Gasteiger partial charge < -0.3 is 50.7 Å². The molecule has 718 valence electrons. The number of carboxylic acid groups (broad SMARTS) is 8. The van der Waals surface area contributed by atoms with Gasteiger partial charge in [0.2, 0.25) is 0 Å². The zero-order valence-electron chi connectivity index (χ0n) is 76.9. The van der Waals surface area contributed by atoms with E-state index in [1.54, 1.807) is 0 Å². The molecule has 26 heteroatoms. The van der Waals surface area contributed by atoms with Gasteiger partial charge in [-0.25, -0.2) is 0 Å². The maximum Gasteiger partial charge on any atom is 0.312 e. The number of hydrogen-bond donors (Lipinski definition) is 9. The van der Waals surface area contributed by atoms with Crippen molar-refractivity contribution in [3.8, 4) is 0 Å². The Balaban J connectivity index is 0.0000000945. The van der Waals surface area contributed by atoms with Gasteiger partial charge >= 0.3 is 53.7 Å². The summed E-state index contributed by atoms with van der Waals surface area (Å²) in [7, 11) is 0. The lowest BCUT2D eigenvalue weighted by Gasteiger charge is -2.58. The van der Waals surface area contributed by atoms with Gasteiger partial charge in [-0.15, -0.1) is 0 Å². The minimum absolute atomic E-state index is 0.0809. The van der Waals surface area contributed by atoms with E-state index in [0.29, 0.717) is 243 Å². The molecule has 35 rings (SSSR count). The van der Waals surface area contributed by atoms with E-state index in [4.69, 9.17) is 20.1 Å². The highest BCUT2D eigenvalue weighted by Gasteiger charge is 2.76. The van der Waals surface area contributed by atoms with Crippen LogP contribution < -0.4 is 0 Å². The SMILES string of the molecule is CC1CCC2CC(C)CC(C(=O)O)(C1)C2.CCOC(=O)C12CCC(C(=O)O)(CC1)CC2.O=C(O)C12CC3CC(C1)CC(C(=O)O)(C3)C2.O=C(O)C1C2CC3C(C2=O)C31.O=C(O)C1CC2C(C1)C1CC(C(=O)O)CC21.O=C1C2CC3C(C2)C13.O=C1C2CC3CC(C2)CC1C3.O=C1C2CC3CC1CC(C(=O)O)(C3)C2.O=C1C2CC3CC1CC(O)(C3)C2.O=C1CCC2C1C1CCC(=O)C21. The zero-order valence-corrected chi connectivity index (χ0v) is 76.9. The van der Waals surface area contributed by atoms with Gasteiger partial charge in [0.05, 0.1) is 62.5 Å². The van der Waals surface area contributed by atoms with Gasteiger partial charge in [0.25, 0.3) is 0 Å². The van der Waals surface area contributed by atoms with E-state index in [0.717, 1.165) is 159 Å². The normalized spacial score (nSPS) is 50.1. The molecule has 0 amide bonds. The first-order valence-electron chi connectivity index (χ1n) is 51.6. The molecule has 131 heavy (non-hydrogen) atoms. The molecule has 9 N–H and O–H groups in total. The quantitative estimate of drug-likeness (QED) is 0.0917. The molecular formula is C105H142O26. The van der Waals surface area contributed by atoms with Crippen LogP contribution in [0.4, 0.5) is 0 Å². The molecule has 0 saturated heterocycles. The molecule has 0 spiro atoms. The number of ketones is 7. The molecular weight excluding hydrogens is 1680 g/mol. The largest absolute Gasteiger partial charge is 0.481 e. The van der Waals surface area contributed by atoms with Crippen LogP contribution in [0.3, 0.4) is 0 Å². The first-order chi connectivity index (χ1) is 62.1. The number of aliphatic carboxylic acids is 8. The van der Waals surface area contributed by atoms with Crippen LogP contribution in [-0.4, -0.2) is 152 Å². The predicted molar refractivity (Wildman–Crippen MR) is 465 cm³/mol. The second-order valence-corrected chi connectivity index (χ2v) is 49.7. The van der Waals surface area contributed by atoms with Crippen molar-refractivity contribution in [1.82, 2.24) is 0 Å². The summed E-state index contributed by atoms with van der Waals surface area (Å²) in [4.78, 5) is 181. The second-order valence-electron chi connectivity index (χ2n) is 49.7. The van der Waals surface area contributed by atoms with Crippen LogP contribution in [0, 0.1) is 234 Å². The van der Waals surface area contributed by atoms with E-state index in [2.05, 4.69) is 13.8 Å². The van der Waals surface area contributed by atoms with Gasteiger partial charge in [-0.05, 0) is 376 Å². The van der Waals surface area contributed by atoms with Crippen LogP contribution in [-0.2, 0) is 81.4 Å². The summed E-state index contributed by atoms with van der Waals surface area (Å²) in [6.45, 7) is 6.66. The fraction of sp³-hybridized carbons (Fsp3) is 0.848. The Hall–Kier alpha value is -7.12. The van der Waals surface area contributed by atoms with Crippen LogP contribution in [0.25, 0.3) is 0 Å². The van der Waals surface area contributed by atoms with Crippen molar-refractivity contribution in [2.24, 2.45) is 234 Å². The number of carbonyl (C=O) groups excluding carboxylic acids is 8. The molecule has 0 aromatic heterocycles. The van der Waals surface area contributed by atoms with E-state index in [-0.39, 0.29) is 81.8 Å². The summed E-state index contributed by atoms with van der Waals surface area (Å²) >= 11 is 0. The molecule has 15 atom stereocenters. The summed E-state index contributed by atoms with van der Waals surface area (Å²) in [6.07, 6.45) is 39.6. The van der Waals surface area contributed by atoms with Gasteiger partial charge in [0.1, 0.15) is 40.5 Å². The second kappa shape index (κ2) is 34.2. The van der Waals surface area contributed by atoms with Crippen molar-refractivity contribution in [3.05, 3.63) is 0 Å². The standard InChI is InChI=1S/C13H22O2.2C12H16O4.C12H18O4.C11H14O3.C10H14O2.C10H12O2.C10H14O.C8H8O3.C7H8O/c1-9-3-4-11-5-10(2)7-13(6-9,8-11)12(14)15;13-9(14)11-2-7-1-8(4-11)5-12(3-7,6-11)10(15)16;13-11(14)5-1-7-8(2-5)10-4-6(12(15)16)3-9(7)10;1-2-16-10(15)12-6-3-11(4-7-12,5-8-12)9(13)14;12-9-7-1-6-2-8(9)5-11(3-6,4-7)10(13)14;11-9-7-1-6-2-8(9)5-10(12,3-6)4-7;11-7-3-1-5-9(7)6-2-4-8(12)10(5)6;11-10-8-2-6-1-7(4-8)5-9(10)3-6;9-7-3-1-2-4(5(2)7)6(3)8(10)11;8-7-3-1-4-5(2-3)6(4)7/h9-11H,3-8H2,1-2H3,(H,14,15);7-8H,1-6H2,(H,13,14)(H,15,16);5-10H,1-4H2,(H,13,14)(H,15,16);2-8H2,1H3,(H,13,14);6-8H,1-5H2,(H,13,14);6-8,12H,1-5H2;5-6,9-10H,1-4H2;6-9H,1-5H2;2-6H,1H2,(H,10,11);3-6H,1-2H2. The van der Waals surface area contributed by atoms with Crippen molar-refractivity contribution < 1.29 is 127 Å². The first-order valence-corrected chi connectivity index (χ1v) is 51.6. The summed E-state index contributed by atoms with van der Waals surface area (Å²) in [6, 6.07) is 0. The molecule has 35 aliphatic carbocycles. The number of carbonyl (C=O) groups is 16. The Kier molecular flexibility index (Phi) is 24.3. The Labute approximate surface area is 766 Å². The van der Waals surface area contributed by atoms with E-state index in [9.17, 15) is 107 Å². The molecule has 0 aromatic carbocycles. The monoisotopic (exact) mass is 1820 g/mol. The van der Waals surface area contributed by atoms with Crippen molar-refractivity contribution in [2.75, 3.05) is 6.61 Å². The fourth-order valence-corrected chi connectivity index (χ4v) is 37.1. The first kappa shape index (κ1) is 92.9. The lowest BCUT2D eigenvalue weighted by atomic mass is 9.44. The maximum atomic E-state index is 11.9. The van der Waals surface area contributed by atoms with Gasteiger partial charge in [0, 0.05) is 83.9 Å². The highest BCUT2D eigenvalue weighted by atomic mass is 16.5. The maximum absolute atomic E-state index is 11.9. The van der Waals surface area contributed by atoms with Crippen LogP contribution >= 0.6 is 0 Å². The molecule has 0 aliphatic heterocycles. The van der Waals surface area contributed by atoms with E-state index < -0.39 is 75.0 Å². The lowest BCUT2D eigenvalue weighted by molar-refractivity contribution is -0.187. The summed E-state index contributed by atoms with van der Waals surface area (Å²) in [5.41, 5.74) is -3.69. The number of esters is 1. The van der Waals surface area contributed by atoms with Gasteiger partial charge in [-0.3, -0.25) is 76.7 Å². The average molecular weight is 1820 g/mol. The van der Waals surface area contributed by atoms with E-state index >= 15 is 0 Å². The molecule has 26 nitrogen and oxygen atoms in total. The summed E-state index contributed by atoms with van der Waals surface area (Å²) < 4.78 is 5.11. The molecule has 0 radical (unpaired) electrons. The molecule has 28 bridgehead atoms. The Morgan fingerprint density at radius 3 is 1.06 bits per heavy atom. The number of fused-ring (bicyclic) bond motifs is 13. The molecule has 15 unspecified atom stereocenters. The van der Waals surface area contributed by atoms with Crippen molar-refractivity contribution in [2.45, 2.75) is 309 Å².